The molecule has 0 fully saturated rings. The second-order valence-corrected chi connectivity index (χ2v) is 9.02. The van der Waals surface area contributed by atoms with E-state index >= 15 is 0 Å². The highest BCUT2D eigenvalue weighted by molar-refractivity contribution is 7.85. The molecule has 4 rings (SSSR count). The zero-order chi connectivity index (χ0) is 23.5. The Balaban J connectivity index is 1.83. The van der Waals surface area contributed by atoms with Crippen LogP contribution in [0.1, 0.15) is 32.7 Å². The molecule has 8 heteroatoms. The maximum absolute atomic E-state index is 13.6. The van der Waals surface area contributed by atoms with E-state index in [0.29, 0.717) is 32.2 Å². The summed E-state index contributed by atoms with van der Waals surface area (Å²) in [5.74, 6) is -1.06. The van der Waals surface area contributed by atoms with Crippen molar-refractivity contribution in [2.24, 2.45) is 0 Å². The lowest BCUT2D eigenvalue weighted by molar-refractivity contribution is 0.0797. The van der Waals surface area contributed by atoms with Crippen LogP contribution in [0.2, 0.25) is 0 Å². The third-order valence-corrected chi connectivity index (χ3v) is 6.92. The molecule has 3 aromatic rings. The van der Waals surface area contributed by atoms with Gasteiger partial charge in [-0.3, -0.25) is 9.59 Å². The van der Waals surface area contributed by atoms with Gasteiger partial charge in [-0.05, 0) is 48.0 Å². The van der Waals surface area contributed by atoms with Crippen LogP contribution < -0.4 is 4.90 Å². The molecule has 0 saturated carbocycles. The van der Waals surface area contributed by atoms with Gasteiger partial charge in [-0.2, -0.15) is 5.26 Å². The SMILES string of the molecule is CN(CCC#N)C(=O)c1ccc2c(c1)N(Cc1ccc(F)cc1)C(=O)c1ccccc1[S@]2=O. The molecule has 0 radical (unpaired) electrons. The minimum Gasteiger partial charge on any atom is -0.341 e. The minimum atomic E-state index is -1.64. The quantitative estimate of drug-likeness (QED) is 0.572. The standard InChI is InChI=1S/C25H20FN3O3S/c1-28(14-4-13-27)24(30)18-9-12-23-21(15-18)29(16-17-7-10-19(26)11-8-17)25(31)20-5-2-3-6-22(20)33(23)32/h2-3,5-12,15H,4,14,16H2,1H3/t33-/m1/s1. The molecular weight excluding hydrogens is 441 g/mol. The molecule has 1 aliphatic heterocycles. The highest BCUT2D eigenvalue weighted by Gasteiger charge is 2.31. The van der Waals surface area contributed by atoms with E-state index < -0.39 is 10.8 Å². The van der Waals surface area contributed by atoms with Gasteiger partial charge in [-0.15, -0.1) is 0 Å². The van der Waals surface area contributed by atoms with Crippen LogP contribution in [0.15, 0.2) is 76.5 Å². The maximum Gasteiger partial charge on any atom is 0.259 e. The number of carbonyl (C=O) groups excluding carboxylic acids is 2. The number of benzene rings is 3. The number of rotatable bonds is 5. The van der Waals surface area contributed by atoms with E-state index in [1.807, 2.05) is 6.07 Å². The van der Waals surface area contributed by atoms with Crippen molar-refractivity contribution >= 4 is 28.3 Å². The van der Waals surface area contributed by atoms with Crippen LogP contribution >= 0.6 is 0 Å². The van der Waals surface area contributed by atoms with Gasteiger partial charge in [-0.1, -0.05) is 24.3 Å². The van der Waals surface area contributed by atoms with Crippen LogP contribution in [0.25, 0.3) is 0 Å². The van der Waals surface area contributed by atoms with Crippen molar-refractivity contribution in [3.63, 3.8) is 0 Å². The third-order valence-electron chi connectivity index (χ3n) is 5.42. The lowest BCUT2D eigenvalue weighted by Gasteiger charge is -2.24. The van der Waals surface area contributed by atoms with Crippen LogP contribution in [0.4, 0.5) is 10.1 Å². The molecule has 0 saturated heterocycles. The molecule has 33 heavy (non-hydrogen) atoms. The summed E-state index contributed by atoms with van der Waals surface area (Å²) in [5.41, 5.74) is 1.67. The van der Waals surface area contributed by atoms with Crippen LogP contribution in [0.5, 0.6) is 0 Å². The molecule has 2 amide bonds. The Labute approximate surface area is 193 Å². The molecule has 6 nitrogen and oxygen atoms in total. The van der Waals surface area contributed by atoms with E-state index in [9.17, 15) is 18.2 Å². The first-order valence-corrected chi connectivity index (χ1v) is 11.4. The zero-order valence-corrected chi connectivity index (χ0v) is 18.6. The van der Waals surface area contributed by atoms with Gasteiger partial charge in [0.2, 0.25) is 0 Å². The Bertz CT molecular complexity index is 1300. The Morgan fingerprint density at radius 3 is 2.55 bits per heavy atom. The molecular formula is C25H20FN3O3S. The fourth-order valence-electron chi connectivity index (χ4n) is 3.67. The first-order valence-electron chi connectivity index (χ1n) is 10.2. The molecule has 0 unspecified atom stereocenters. The van der Waals surface area contributed by atoms with E-state index in [4.69, 9.17) is 5.26 Å². The fraction of sp³-hybridized carbons (Fsp3) is 0.160. The van der Waals surface area contributed by atoms with Gasteiger partial charge >= 0.3 is 0 Å². The van der Waals surface area contributed by atoms with Crippen molar-refractivity contribution in [3.8, 4) is 6.07 Å². The second-order valence-electron chi connectivity index (χ2n) is 7.60. The predicted octanol–water partition coefficient (Wildman–Crippen LogP) is 4.14. The Morgan fingerprint density at radius 1 is 1.09 bits per heavy atom. The van der Waals surface area contributed by atoms with Crippen molar-refractivity contribution in [3.05, 3.63) is 89.2 Å². The summed E-state index contributed by atoms with van der Waals surface area (Å²) in [6, 6.07) is 19.3. The predicted molar refractivity (Wildman–Crippen MR) is 122 cm³/mol. The number of nitriles is 1. The molecule has 0 aliphatic carbocycles. The summed E-state index contributed by atoms with van der Waals surface area (Å²) >= 11 is 0. The molecule has 1 aliphatic rings. The zero-order valence-electron chi connectivity index (χ0n) is 17.8. The van der Waals surface area contributed by atoms with Crippen molar-refractivity contribution in [2.75, 3.05) is 18.5 Å². The van der Waals surface area contributed by atoms with Crippen molar-refractivity contribution < 1.29 is 18.2 Å². The number of anilines is 1. The summed E-state index contributed by atoms with van der Waals surface area (Å²) in [5, 5.41) is 8.80. The summed E-state index contributed by atoms with van der Waals surface area (Å²) < 4.78 is 26.8. The topological polar surface area (TPSA) is 81.5 Å². The van der Waals surface area contributed by atoms with Crippen molar-refractivity contribution in [2.45, 2.75) is 22.8 Å². The minimum absolute atomic E-state index is 0.111. The van der Waals surface area contributed by atoms with E-state index in [2.05, 4.69) is 0 Å². The highest BCUT2D eigenvalue weighted by Crippen LogP contribution is 2.36. The molecule has 0 aromatic heterocycles. The summed E-state index contributed by atoms with van der Waals surface area (Å²) in [6.45, 7) is 0.377. The molecule has 166 valence electrons. The maximum atomic E-state index is 13.6. The Hall–Kier alpha value is -3.83. The highest BCUT2D eigenvalue weighted by atomic mass is 32.2. The lowest BCUT2D eigenvalue weighted by atomic mass is 10.1. The molecule has 1 atom stereocenters. The van der Waals surface area contributed by atoms with Gasteiger partial charge < -0.3 is 9.80 Å². The molecule has 0 bridgehead atoms. The van der Waals surface area contributed by atoms with Gasteiger partial charge in [0.25, 0.3) is 11.8 Å². The third kappa shape index (κ3) is 4.41. The Kier molecular flexibility index (Phi) is 6.33. The van der Waals surface area contributed by atoms with Gasteiger partial charge in [0.1, 0.15) is 5.82 Å². The lowest BCUT2D eigenvalue weighted by Crippen LogP contribution is -2.31. The first kappa shape index (κ1) is 22.4. The van der Waals surface area contributed by atoms with Crippen LogP contribution in [-0.2, 0) is 17.3 Å². The van der Waals surface area contributed by atoms with E-state index in [0.717, 1.165) is 0 Å². The molecule has 0 N–H and O–H groups in total. The van der Waals surface area contributed by atoms with Gasteiger partial charge in [-0.25, -0.2) is 8.60 Å². The largest absolute Gasteiger partial charge is 0.341 e. The average Bonchev–Trinajstić information content (AvgIpc) is 2.92. The first-order chi connectivity index (χ1) is 15.9. The van der Waals surface area contributed by atoms with Crippen molar-refractivity contribution in [1.29, 1.82) is 5.26 Å². The number of halogens is 1. The molecule has 0 spiro atoms. The van der Waals surface area contributed by atoms with Crippen LogP contribution in [0, 0.1) is 17.1 Å². The number of hydrogen-bond acceptors (Lipinski definition) is 4. The number of nitrogens with zero attached hydrogens (tertiary/aromatic N) is 3. The average molecular weight is 462 g/mol. The van der Waals surface area contributed by atoms with Crippen LogP contribution in [0.3, 0.4) is 0 Å². The van der Waals surface area contributed by atoms with Crippen molar-refractivity contribution in [1.82, 2.24) is 4.90 Å². The van der Waals surface area contributed by atoms with E-state index in [1.54, 1.807) is 61.6 Å². The number of fused-ring (bicyclic) bond motifs is 2. The smallest absolute Gasteiger partial charge is 0.259 e. The summed E-state index contributed by atoms with van der Waals surface area (Å²) in [7, 11) is -0.0400. The van der Waals surface area contributed by atoms with E-state index in [1.165, 1.54) is 21.9 Å². The fourth-order valence-corrected chi connectivity index (χ4v) is 5.01. The summed E-state index contributed by atoms with van der Waals surface area (Å²) in [6.07, 6.45) is 0.196. The Morgan fingerprint density at radius 2 is 1.82 bits per heavy atom. The number of amides is 2. The number of hydrogen-bond donors (Lipinski definition) is 0. The van der Waals surface area contributed by atoms with Crippen LogP contribution in [-0.4, -0.2) is 34.5 Å². The normalized spacial score (nSPS) is 14.6. The van der Waals surface area contributed by atoms with Gasteiger partial charge in [0.05, 0.1) is 50.9 Å². The molecule has 3 aromatic carbocycles. The monoisotopic (exact) mass is 461 g/mol. The molecule has 1 heterocycles. The number of carbonyl (C=O) groups is 2. The summed E-state index contributed by atoms with van der Waals surface area (Å²) in [4.78, 5) is 30.2. The van der Waals surface area contributed by atoms with Gasteiger partial charge in [0.15, 0.2) is 0 Å². The van der Waals surface area contributed by atoms with E-state index in [-0.39, 0.29) is 37.1 Å². The van der Waals surface area contributed by atoms with Gasteiger partial charge in [0, 0.05) is 19.2 Å². The second kappa shape index (κ2) is 9.35.